The summed E-state index contributed by atoms with van der Waals surface area (Å²) in [5.41, 5.74) is 4.58. The quantitative estimate of drug-likeness (QED) is 0.503. The van der Waals surface area contributed by atoms with Gasteiger partial charge in [0.05, 0.1) is 6.61 Å². The molecule has 1 aliphatic heterocycles. The fourth-order valence-corrected chi connectivity index (χ4v) is 0.999. The van der Waals surface area contributed by atoms with Crippen molar-refractivity contribution in [3.05, 3.63) is 0 Å². The molecular formula is C6H13NO2. The summed E-state index contributed by atoms with van der Waals surface area (Å²) in [4.78, 5) is 0. The summed E-state index contributed by atoms with van der Waals surface area (Å²) in [6.07, 6.45) is 1.71. The van der Waals surface area contributed by atoms with E-state index in [-0.39, 0.29) is 0 Å². The molecule has 1 heterocycles. The van der Waals surface area contributed by atoms with Crippen LogP contribution in [0.25, 0.3) is 0 Å². The minimum atomic E-state index is -0.724. The predicted molar refractivity (Wildman–Crippen MR) is 34.1 cm³/mol. The van der Waals surface area contributed by atoms with Crippen molar-refractivity contribution < 1.29 is 9.84 Å². The molecule has 0 aromatic heterocycles. The molecule has 0 aromatic carbocycles. The summed E-state index contributed by atoms with van der Waals surface area (Å²) in [5, 5.41) is 9.43. The first-order valence-corrected chi connectivity index (χ1v) is 3.27. The van der Waals surface area contributed by atoms with Gasteiger partial charge in [0.15, 0.2) is 0 Å². The molecule has 0 amide bonds. The van der Waals surface area contributed by atoms with Crippen molar-refractivity contribution in [1.82, 2.24) is 0 Å². The van der Waals surface area contributed by atoms with E-state index in [9.17, 15) is 5.11 Å². The van der Waals surface area contributed by atoms with E-state index in [1.54, 1.807) is 0 Å². The van der Waals surface area contributed by atoms with Crippen LogP contribution < -0.4 is 5.73 Å². The Morgan fingerprint density at radius 2 is 2.44 bits per heavy atom. The Morgan fingerprint density at radius 1 is 1.67 bits per heavy atom. The maximum atomic E-state index is 9.43. The molecule has 54 valence electrons. The Hall–Kier alpha value is -0.120. The van der Waals surface area contributed by atoms with E-state index in [0.29, 0.717) is 13.2 Å². The lowest BCUT2D eigenvalue weighted by molar-refractivity contribution is -0.0787. The first-order chi connectivity index (χ1) is 4.27. The van der Waals surface area contributed by atoms with Gasteiger partial charge in [-0.15, -0.1) is 0 Å². The molecule has 1 fully saturated rings. The van der Waals surface area contributed by atoms with Gasteiger partial charge in [0, 0.05) is 13.2 Å². The summed E-state index contributed by atoms with van der Waals surface area (Å²) >= 11 is 0. The minimum absolute atomic E-state index is 0.312. The highest BCUT2D eigenvalue weighted by molar-refractivity contribution is 4.81. The topological polar surface area (TPSA) is 55.5 Å². The fourth-order valence-electron chi connectivity index (χ4n) is 0.999. The van der Waals surface area contributed by atoms with Crippen molar-refractivity contribution in [2.24, 2.45) is 5.73 Å². The third-order valence-corrected chi connectivity index (χ3v) is 1.68. The average molecular weight is 131 g/mol. The monoisotopic (exact) mass is 131 g/mol. The Labute approximate surface area is 54.8 Å². The molecule has 3 heteroatoms. The Balaban J connectivity index is 2.37. The van der Waals surface area contributed by atoms with Gasteiger partial charge in [0.1, 0.15) is 5.60 Å². The summed E-state index contributed by atoms with van der Waals surface area (Å²) < 4.78 is 5.05. The van der Waals surface area contributed by atoms with E-state index in [0.717, 1.165) is 19.4 Å². The van der Waals surface area contributed by atoms with Gasteiger partial charge in [0.25, 0.3) is 0 Å². The maximum absolute atomic E-state index is 9.43. The SMILES string of the molecule is NCC1(O)CCCOC1. The van der Waals surface area contributed by atoms with Crippen LogP contribution in [0.15, 0.2) is 0 Å². The van der Waals surface area contributed by atoms with E-state index in [1.165, 1.54) is 0 Å². The first-order valence-electron chi connectivity index (χ1n) is 3.27. The van der Waals surface area contributed by atoms with Gasteiger partial charge in [-0.2, -0.15) is 0 Å². The molecule has 1 atom stereocenters. The number of hydrogen-bond acceptors (Lipinski definition) is 3. The van der Waals surface area contributed by atoms with Crippen LogP contribution in [-0.2, 0) is 4.74 Å². The van der Waals surface area contributed by atoms with Crippen LogP contribution in [0.5, 0.6) is 0 Å². The summed E-state index contributed by atoms with van der Waals surface area (Å²) in [6.45, 7) is 1.48. The van der Waals surface area contributed by atoms with Crippen molar-refractivity contribution in [3.8, 4) is 0 Å². The maximum Gasteiger partial charge on any atom is 0.100 e. The molecule has 3 nitrogen and oxygen atoms in total. The molecule has 1 unspecified atom stereocenters. The zero-order valence-corrected chi connectivity index (χ0v) is 5.47. The average Bonchev–Trinajstić information content (AvgIpc) is 1.90. The molecule has 0 radical (unpaired) electrons. The van der Waals surface area contributed by atoms with Crippen LogP contribution in [0.2, 0.25) is 0 Å². The van der Waals surface area contributed by atoms with E-state index in [4.69, 9.17) is 10.5 Å². The van der Waals surface area contributed by atoms with E-state index in [2.05, 4.69) is 0 Å². The van der Waals surface area contributed by atoms with Crippen LogP contribution in [0.1, 0.15) is 12.8 Å². The second kappa shape index (κ2) is 2.64. The van der Waals surface area contributed by atoms with Crippen LogP contribution in [-0.4, -0.2) is 30.5 Å². The molecule has 0 saturated carbocycles. The zero-order valence-electron chi connectivity index (χ0n) is 5.47. The Morgan fingerprint density at radius 3 is 2.78 bits per heavy atom. The fraction of sp³-hybridized carbons (Fsp3) is 1.00. The Bertz CT molecular complexity index is 89.1. The van der Waals surface area contributed by atoms with Gasteiger partial charge in [-0.3, -0.25) is 0 Å². The lowest BCUT2D eigenvalue weighted by atomic mass is 9.97. The lowest BCUT2D eigenvalue weighted by Crippen LogP contribution is -2.45. The molecule has 1 saturated heterocycles. The van der Waals surface area contributed by atoms with Gasteiger partial charge in [0.2, 0.25) is 0 Å². The number of aliphatic hydroxyl groups is 1. The second-order valence-corrected chi connectivity index (χ2v) is 2.58. The molecule has 0 aromatic rings. The van der Waals surface area contributed by atoms with Gasteiger partial charge in [-0.1, -0.05) is 0 Å². The molecule has 3 N–H and O–H groups in total. The Kier molecular flexibility index (Phi) is 2.05. The largest absolute Gasteiger partial charge is 0.386 e. The van der Waals surface area contributed by atoms with Crippen molar-refractivity contribution in [3.63, 3.8) is 0 Å². The van der Waals surface area contributed by atoms with Crippen molar-refractivity contribution >= 4 is 0 Å². The van der Waals surface area contributed by atoms with Gasteiger partial charge >= 0.3 is 0 Å². The first kappa shape index (κ1) is 6.99. The highest BCUT2D eigenvalue weighted by atomic mass is 16.5. The van der Waals surface area contributed by atoms with Crippen molar-refractivity contribution in [2.75, 3.05) is 19.8 Å². The number of ether oxygens (including phenoxy) is 1. The number of rotatable bonds is 1. The predicted octanol–water partition coefficient (Wildman–Crippen LogP) is -0.513. The van der Waals surface area contributed by atoms with Gasteiger partial charge in [-0.25, -0.2) is 0 Å². The van der Waals surface area contributed by atoms with Gasteiger partial charge < -0.3 is 15.6 Å². The molecule has 9 heavy (non-hydrogen) atoms. The third-order valence-electron chi connectivity index (χ3n) is 1.68. The molecule has 1 rings (SSSR count). The summed E-state index contributed by atoms with van der Waals surface area (Å²) in [6, 6.07) is 0. The normalized spacial score (nSPS) is 36.7. The smallest absolute Gasteiger partial charge is 0.100 e. The molecule has 0 spiro atoms. The molecular weight excluding hydrogens is 118 g/mol. The number of hydrogen-bond donors (Lipinski definition) is 2. The standard InChI is InChI=1S/C6H13NO2/c7-4-6(8)2-1-3-9-5-6/h8H,1-5,7H2. The van der Waals surface area contributed by atoms with Crippen LogP contribution >= 0.6 is 0 Å². The summed E-state index contributed by atoms with van der Waals surface area (Å²) in [7, 11) is 0. The third kappa shape index (κ3) is 1.64. The van der Waals surface area contributed by atoms with Crippen molar-refractivity contribution in [1.29, 1.82) is 0 Å². The lowest BCUT2D eigenvalue weighted by Gasteiger charge is -2.30. The van der Waals surface area contributed by atoms with Crippen LogP contribution in [0.4, 0.5) is 0 Å². The van der Waals surface area contributed by atoms with Gasteiger partial charge in [-0.05, 0) is 12.8 Å². The highest BCUT2D eigenvalue weighted by Crippen LogP contribution is 2.16. The highest BCUT2D eigenvalue weighted by Gasteiger charge is 2.27. The van der Waals surface area contributed by atoms with E-state index >= 15 is 0 Å². The molecule has 0 bridgehead atoms. The minimum Gasteiger partial charge on any atom is -0.386 e. The van der Waals surface area contributed by atoms with E-state index in [1.807, 2.05) is 0 Å². The zero-order chi connectivity index (χ0) is 6.74. The summed E-state index contributed by atoms with van der Waals surface area (Å²) in [5.74, 6) is 0. The molecule has 1 aliphatic rings. The number of nitrogens with two attached hydrogens (primary N) is 1. The molecule has 0 aliphatic carbocycles. The van der Waals surface area contributed by atoms with Crippen molar-refractivity contribution in [2.45, 2.75) is 18.4 Å². The van der Waals surface area contributed by atoms with Crippen LogP contribution in [0.3, 0.4) is 0 Å². The second-order valence-electron chi connectivity index (χ2n) is 2.58. The van der Waals surface area contributed by atoms with E-state index < -0.39 is 5.60 Å². The van der Waals surface area contributed by atoms with Crippen LogP contribution in [0, 0.1) is 0 Å².